The smallest absolute Gasteiger partial charge is 0.261 e. The maximum Gasteiger partial charge on any atom is 0.261 e. The van der Waals surface area contributed by atoms with Crippen LogP contribution in [0, 0.1) is 0 Å². The van der Waals surface area contributed by atoms with Gasteiger partial charge in [0.25, 0.3) is 5.56 Å². The van der Waals surface area contributed by atoms with Crippen molar-refractivity contribution < 1.29 is 4.74 Å². The number of methoxy groups -OCH3 is 1. The summed E-state index contributed by atoms with van der Waals surface area (Å²) in [5.74, 6) is 0.950. The second-order valence-corrected chi connectivity index (χ2v) is 4.85. The van der Waals surface area contributed by atoms with Crippen LogP contribution in [-0.2, 0) is 11.3 Å². The van der Waals surface area contributed by atoms with E-state index in [-0.39, 0.29) is 11.5 Å². The second kappa shape index (κ2) is 5.40. The molecule has 0 unspecified atom stereocenters. The molecule has 2 rings (SSSR count). The molecular weight excluding hydrogens is 242 g/mol. The number of hydrogen-bond acceptors (Lipinski definition) is 4. The highest BCUT2D eigenvalue weighted by atomic mass is 16.5. The minimum atomic E-state index is -0.0574. The molecule has 2 N–H and O–H groups in total. The number of rotatable bonds is 4. The van der Waals surface area contributed by atoms with Gasteiger partial charge in [0.1, 0.15) is 5.82 Å². The van der Waals surface area contributed by atoms with Gasteiger partial charge in [0.05, 0.1) is 24.1 Å². The largest absolute Gasteiger partial charge is 0.399 e. The normalized spacial score (nSPS) is 11.4. The number of hydrogen-bond donors (Lipinski definition) is 1. The lowest BCUT2D eigenvalue weighted by molar-refractivity contribution is 0.184. The van der Waals surface area contributed by atoms with Gasteiger partial charge in [-0.3, -0.25) is 9.36 Å². The lowest BCUT2D eigenvalue weighted by Crippen LogP contribution is -2.27. The second-order valence-electron chi connectivity index (χ2n) is 4.85. The molecule has 19 heavy (non-hydrogen) atoms. The van der Waals surface area contributed by atoms with E-state index in [2.05, 4.69) is 4.98 Å². The van der Waals surface area contributed by atoms with Gasteiger partial charge < -0.3 is 10.5 Å². The molecule has 2 aromatic rings. The molecule has 102 valence electrons. The standard InChI is InChI=1S/C14H19N3O2/c1-9(2)13-16-12-5-4-10(15)8-11(12)14(18)17(13)6-7-19-3/h4-5,8-9H,6-7,15H2,1-3H3. The number of nitrogen functional groups attached to an aromatic ring is 1. The maximum absolute atomic E-state index is 12.5. The van der Waals surface area contributed by atoms with Crippen LogP contribution in [0.5, 0.6) is 0 Å². The van der Waals surface area contributed by atoms with Gasteiger partial charge in [0.2, 0.25) is 0 Å². The molecule has 0 radical (unpaired) electrons. The first-order valence-corrected chi connectivity index (χ1v) is 6.33. The van der Waals surface area contributed by atoms with Gasteiger partial charge >= 0.3 is 0 Å². The summed E-state index contributed by atoms with van der Waals surface area (Å²) in [6, 6.07) is 5.23. The zero-order valence-electron chi connectivity index (χ0n) is 11.5. The van der Waals surface area contributed by atoms with E-state index in [1.54, 1.807) is 29.9 Å². The Hall–Kier alpha value is -1.88. The van der Waals surface area contributed by atoms with Crippen molar-refractivity contribution in [3.63, 3.8) is 0 Å². The Labute approximate surface area is 112 Å². The van der Waals surface area contributed by atoms with E-state index in [4.69, 9.17) is 10.5 Å². The van der Waals surface area contributed by atoms with Crippen molar-refractivity contribution in [3.8, 4) is 0 Å². The highest BCUT2D eigenvalue weighted by molar-refractivity contribution is 5.81. The first-order valence-electron chi connectivity index (χ1n) is 6.33. The fraction of sp³-hybridized carbons (Fsp3) is 0.429. The Balaban J connectivity index is 2.71. The van der Waals surface area contributed by atoms with Crippen LogP contribution in [0.2, 0.25) is 0 Å². The topological polar surface area (TPSA) is 70.1 Å². The molecule has 0 aliphatic rings. The molecule has 5 nitrogen and oxygen atoms in total. The molecule has 1 aromatic heterocycles. The third-order valence-corrected chi connectivity index (χ3v) is 3.04. The van der Waals surface area contributed by atoms with Crippen molar-refractivity contribution in [3.05, 3.63) is 34.4 Å². The maximum atomic E-state index is 12.5. The third kappa shape index (κ3) is 2.61. The number of ether oxygens (including phenoxy) is 1. The van der Waals surface area contributed by atoms with E-state index in [0.717, 1.165) is 5.82 Å². The van der Waals surface area contributed by atoms with Gasteiger partial charge in [0, 0.05) is 18.7 Å². The lowest BCUT2D eigenvalue weighted by atomic mass is 10.1. The molecule has 0 atom stereocenters. The van der Waals surface area contributed by atoms with Gasteiger partial charge in [0.15, 0.2) is 0 Å². The molecule has 0 amide bonds. The van der Waals surface area contributed by atoms with Crippen LogP contribution < -0.4 is 11.3 Å². The summed E-state index contributed by atoms with van der Waals surface area (Å²) in [5, 5.41) is 0.556. The van der Waals surface area contributed by atoms with Crippen LogP contribution in [0.3, 0.4) is 0 Å². The van der Waals surface area contributed by atoms with Crippen molar-refractivity contribution >= 4 is 16.6 Å². The van der Waals surface area contributed by atoms with Crippen molar-refractivity contribution in [2.75, 3.05) is 19.5 Å². The number of anilines is 1. The number of aromatic nitrogens is 2. The molecule has 0 aliphatic carbocycles. The summed E-state index contributed by atoms with van der Waals surface area (Å²) < 4.78 is 6.74. The van der Waals surface area contributed by atoms with Crippen LogP contribution in [-0.4, -0.2) is 23.3 Å². The number of nitrogens with zero attached hydrogens (tertiary/aromatic N) is 2. The average Bonchev–Trinajstić information content (AvgIpc) is 2.38. The van der Waals surface area contributed by atoms with Crippen molar-refractivity contribution in [2.45, 2.75) is 26.3 Å². The van der Waals surface area contributed by atoms with E-state index in [0.29, 0.717) is 29.7 Å². The van der Waals surface area contributed by atoms with Crippen LogP contribution >= 0.6 is 0 Å². The Morgan fingerprint density at radius 1 is 1.42 bits per heavy atom. The summed E-state index contributed by atoms with van der Waals surface area (Å²) in [7, 11) is 1.62. The molecule has 1 aromatic carbocycles. The highest BCUT2D eigenvalue weighted by Crippen LogP contribution is 2.17. The first-order chi connectivity index (χ1) is 9.04. The van der Waals surface area contributed by atoms with E-state index < -0.39 is 0 Å². The minimum absolute atomic E-state index is 0.0574. The fourth-order valence-electron chi connectivity index (χ4n) is 2.10. The summed E-state index contributed by atoms with van der Waals surface area (Å²) in [4.78, 5) is 17.1. The number of fused-ring (bicyclic) bond motifs is 1. The summed E-state index contributed by atoms with van der Waals surface area (Å²) in [6.07, 6.45) is 0. The molecule has 0 bridgehead atoms. The minimum Gasteiger partial charge on any atom is -0.399 e. The monoisotopic (exact) mass is 261 g/mol. The number of nitrogens with two attached hydrogens (primary N) is 1. The zero-order chi connectivity index (χ0) is 14.0. The van der Waals surface area contributed by atoms with Crippen molar-refractivity contribution in [1.82, 2.24) is 9.55 Å². The predicted octanol–water partition coefficient (Wildman–Crippen LogP) is 1.75. The zero-order valence-corrected chi connectivity index (χ0v) is 11.5. The molecule has 0 fully saturated rings. The Bertz CT molecular complexity index is 647. The Morgan fingerprint density at radius 2 is 2.16 bits per heavy atom. The van der Waals surface area contributed by atoms with Gasteiger partial charge in [-0.05, 0) is 18.2 Å². The van der Waals surface area contributed by atoms with Crippen LogP contribution in [0.4, 0.5) is 5.69 Å². The molecule has 0 spiro atoms. The van der Waals surface area contributed by atoms with Gasteiger partial charge in [-0.15, -0.1) is 0 Å². The molecule has 0 saturated carbocycles. The quantitative estimate of drug-likeness (QED) is 0.851. The van der Waals surface area contributed by atoms with Crippen LogP contribution in [0.25, 0.3) is 10.9 Å². The van der Waals surface area contributed by atoms with Crippen LogP contribution in [0.15, 0.2) is 23.0 Å². The SMILES string of the molecule is COCCn1c(C(C)C)nc2ccc(N)cc2c1=O. The summed E-state index contributed by atoms with van der Waals surface area (Å²) in [5.41, 5.74) is 6.95. The molecular formula is C14H19N3O2. The Morgan fingerprint density at radius 3 is 2.79 bits per heavy atom. The predicted molar refractivity (Wildman–Crippen MR) is 76.4 cm³/mol. The molecule has 0 saturated heterocycles. The average molecular weight is 261 g/mol. The highest BCUT2D eigenvalue weighted by Gasteiger charge is 2.13. The fourth-order valence-corrected chi connectivity index (χ4v) is 2.10. The molecule has 1 heterocycles. The van der Waals surface area contributed by atoms with Gasteiger partial charge in [-0.1, -0.05) is 13.8 Å². The van der Waals surface area contributed by atoms with Gasteiger partial charge in [-0.2, -0.15) is 0 Å². The lowest BCUT2D eigenvalue weighted by Gasteiger charge is -2.15. The van der Waals surface area contributed by atoms with Crippen molar-refractivity contribution in [1.29, 1.82) is 0 Å². The van der Waals surface area contributed by atoms with E-state index >= 15 is 0 Å². The molecule has 0 aliphatic heterocycles. The van der Waals surface area contributed by atoms with Gasteiger partial charge in [-0.25, -0.2) is 4.98 Å². The van der Waals surface area contributed by atoms with E-state index in [1.165, 1.54) is 0 Å². The molecule has 5 heteroatoms. The summed E-state index contributed by atoms with van der Waals surface area (Å²) in [6.45, 7) is 5.03. The van der Waals surface area contributed by atoms with Crippen molar-refractivity contribution in [2.24, 2.45) is 0 Å². The summed E-state index contributed by atoms with van der Waals surface area (Å²) >= 11 is 0. The van der Waals surface area contributed by atoms with E-state index in [9.17, 15) is 4.79 Å². The Kier molecular flexibility index (Phi) is 3.85. The third-order valence-electron chi connectivity index (χ3n) is 3.04. The van der Waals surface area contributed by atoms with E-state index in [1.807, 2.05) is 13.8 Å². The first kappa shape index (κ1) is 13.5. The van der Waals surface area contributed by atoms with Crippen LogP contribution in [0.1, 0.15) is 25.6 Å². The number of benzene rings is 1.